The van der Waals surface area contributed by atoms with Gasteiger partial charge in [0.05, 0.1) is 23.0 Å². The lowest BCUT2D eigenvalue weighted by molar-refractivity contribution is -0.115. The molecule has 5 rings (SSSR count). The molecule has 0 saturated heterocycles. The van der Waals surface area contributed by atoms with Crippen molar-refractivity contribution in [2.75, 3.05) is 5.32 Å². The van der Waals surface area contributed by atoms with E-state index >= 15 is 0 Å². The Morgan fingerprint density at radius 3 is 3.04 bits per heavy atom. The summed E-state index contributed by atoms with van der Waals surface area (Å²) in [6.45, 7) is 0. The number of H-pyrrole nitrogens is 1. The Labute approximate surface area is 168 Å². The standard InChI is InChI=1S/C20H14ClN5OS/c21-13-1-3-16-15(8-13)12(10-23-16)7-19(27)25-20-24-17-4-2-14(9-18(17)28-20)26-6-5-22-11-26/h1-6,8-11,23H,7H2,(H,24,25,27). The predicted octanol–water partition coefficient (Wildman–Crippen LogP) is 4.80. The fourth-order valence-electron chi connectivity index (χ4n) is 3.17. The molecule has 0 radical (unpaired) electrons. The molecule has 3 heterocycles. The highest BCUT2D eigenvalue weighted by Gasteiger charge is 2.12. The Morgan fingerprint density at radius 2 is 2.18 bits per heavy atom. The number of aromatic amines is 1. The van der Waals surface area contributed by atoms with Gasteiger partial charge in [0, 0.05) is 40.2 Å². The van der Waals surface area contributed by atoms with Gasteiger partial charge in [0.1, 0.15) is 0 Å². The van der Waals surface area contributed by atoms with Gasteiger partial charge in [0.15, 0.2) is 5.13 Å². The number of hydrogen-bond donors (Lipinski definition) is 2. The molecule has 2 N–H and O–H groups in total. The number of nitrogens with one attached hydrogen (secondary N) is 2. The van der Waals surface area contributed by atoms with Crippen LogP contribution in [0.3, 0.4) is 0 Å². The smallest absolute Gasteiger partial charge is 0.230 e. The molecule has 28 heavy (non-hydrogen) atoms. The van der Waals surface area contributed by atoms with Crippen molar-refractivity contribution >= 4 is 55.1 Å². The second kappa shape index (κ2) is 6.78. The summed E-state index contributed by atoms with van der Waals surface area (Å²) >= 11 is 7.53. The number of rotatable bonds is 4. The lowest BCUT2D eigenvalue weighted by Crippen LogP contribution is -2.13. The minimum atomic E-state index is -0.116. The predicted molar refractivity (Wildman–Crippen MR) is 112 cm³/mol. The van der Waals surface area contributed by atoms with Crippen LogP contribution in [0.25, 0.3) is 26.8 Å². The van der Waals surface area contributed by atoms with Gasteiger partial charge in [-0.15, -0.1) is 0 Å². The van der Waals surface area contributed by atoms with E-state index in [2.05, 4.69) is 20.3 Å². The molecule has 0 fully saturated rings. The van der Waals surface area contributed by atoms with Gasteiger partial charge >= 0.3 is 0 Å². The van der Waals surface area contributed by atoms with E-state index in [4.69, 9.17) is 11.6 Å². The van der Waals surface area contributed by atoms with Crippen LogP contribution in [-0.2, 0) is 11.2 Å². The molecule has 5 aromatic rings. The Balaban J connectivity index is 1.37. The molecule has 2 aromatic carbocycles. The quantitative estimate of drug-likeness (QED) is 0.449. The number of carbonyl (C=O) groups excluding carboxylic acids is 1. The second-order valence-electron chi connectivity index (χ2n) is 6.37. The SMILES string of the molecule is O=C(Cc1c[nH]c2ccc(Cl)cc12)Nc1nc2ccc(-n3ccnc3)cc2s1. The number of halogens is 1. The molecule has 0 aliphatic rings. The lowest BCUT2D eigenvalue weighted by atomic mass is 10.1. The van der Waals surface area contributed by atoms with E-state index in [0.717, 1.165) is 32.4 Å². The molecular formula is C20H14ClN5OS. The van der Waals surface area contributed by atoms with Gasteiger partial charge < -0.3 is 14.9 Å². The topological polar surface area (TPSA) is 75.6 Å². The summed E-state index contributed by atoms with van der Waals surface area (Å²) in [4.78, 5) is 24.3. The third-order valence-corrected chi connectivity index (χ3v) is 5.67. The monoisotopic (exact) mass is 407 g/mol. The van der Waals surface area contributed by atoms with Crippen molar-refractivity contribution in [3.8, 4) is 5.69 Å². The first-order valence-corrected chi connectivity index (χ1v) is 9.79. The van der Waals surface area contributed by atoms with Crippen LogP contribution in [0.1, 0.15) is 5.56 Å². The van der Waals surface area contributed by atoms with E-state index in [9.17, 15) is 4.79 Å². The average molecular weight is 408 g/mol. The number of aromatic nitrogens is 4. The summed E-state index contributed by atoms with van der Waals surface area (Å²) in [7, 11) is 0. The van der Waals surface area contributed by atoms with Gasteiger partial charge in [-0.2, -0.15) is 0 Å². The van der Waals surface area contributed by atoms with E-state index in [1.54, 1.807) is 12.5 Å². The molecule has 0 saturated carbocycles. The van der Waals surface area contributed by atoms with Gasteiger partial charge in [0.2, 0.25) is 5.91 Å². The number of hydrogen-bond acceptors (Lipinski definition) is 4. The molecule has 6 nitrogen and oxygen atoms in total. The van der Waals surface area contributed by atoms with Crippen LogP contribution in [0.4, 0.5) is 5.13 Å². The molecule has 0 aliphatic heterocycles. The zero-order chi connectivity index (χ0) is 19.1. The third-order valence-electron chi connectivity index (χ3n) is 4.50. The lowest BCUT2D eigenvalue weighted by Gasteiger charge is -2.01. The summed E-state index contributed by atoms with van der Waals surface area (Å²) in [5, 5.41) is 5.09. The summed E-state index contributed by atoms with van der Waals surface area (Å²) in [5.41, 5.74) is 3.71. The molecule has 0 bridgehead atoms. The van der Waals surface area contributed by atoms with Crippen LogP contribution in [0, 0.1) is 0 Å². The van der Waals surface area contributed by atoms with E-state index in [-0.39, 0.29) is 12.3 Å². The Kier molecular flexibility index (Phi) is 4.11. The highest BCUT2D eigenvalue weighted by Crippen LogP contribution is 2.28. The molecule has 138 valence electrons. The number of fused-ring (bicyclic) bond motifs is 2. The van der Waals surface area contributed by atoms with Crippen molar-refractivity contribution in [2.45, 2.75) is 6.42 Å². The molecule has 0 unspecified atom stereocenters. The van der Waals surface area contributed by atoms with Crippen LogP contribution < -0.4 is 5.32 Å². The Bertz CT molecular complexity index is 1310. The van der Waals surface area contributed by atoms with Crippen LogP contribution >= 0.6 is 22.9 Å². The van der Waals surface area contributed by atoms with Gasteiger partial charge in [-0.3, -0.25) is 4.79 Å². The fraction of sp³-hybridized carbons (Fsp3) is 0.0500. The largest absolute Gasteiger partial charge is 0.361 e. The molecule has 0 spiro atoms. The summed E-state index contributed by atoms with van der Waals surface area (Å²) in [6, 6.07) is 11.6. The number of anilines is 1. The Morgan fingerprint density at radius 1 is 1.25 bits per heavy atom. The van der Waals surface area contributed by atoms with Gasteiger partial charge in [-0.25, -0.2) is 9.97 Å². The maximum absolute atomic E-state index is 12.5. The van der Waals surface area contributed by atoms with E-state index in [1.807, 2.05) is 53.4 Å². The number of amides is 1. The van der Waals surface area contributed by atoms with Crippen molar-refractivity contribution in [1.29, 1.82) is 0 Å². The first kappa shape index (κ1) is 17.0. The van der Waals surface area contributed by atoms with Crippen molar-refractivity contribution < 1.29 is 4.79 Å². The second-order valence-corrected chi connectivity index (χ2v) is 7.84. The maximum atomic E-state index is 12.5. The zero-order valence-corrected chi connectivity index (χ0v) is 16.1. The van der Waals surface area contributed by atoms with Crippen molar-refractivity contribution in [3.05, 3.63) is 71.9 Å². The molecule has 8 heteroatoms. The Hall–Kier alpha value is -3.16. The van der Waals surface area contributed by atoms with Crippen LogP contribution in [0.2, 0.25) is 5.02 Å². The molecule has 0 atom stereocenters. The van der Waals surface area contributed by atoms with Crippen LogP contribution in [-0.4, -0.2) is 25.4 Å². The van der Waals surface area contributed by atoms with E-state index in [1.165, 1.54) is 11.3 Å². The third kappa shape index (κ3) is 3.15. The van der Waals surface area contributed by atoms with E-state index in [0.29, 0.717) is 10.2 Å². The van der Waals surface area contributed by atoms with Gasteiger partial charge in [-0.05, 0) is 42.0 Å². The van der Waals surface area contributed by atoms with E-state index < -0.39 is 0 Å². The molecule has 3 aromatic heterocycles. The summed E-state index contributed by atoms with van der Waals surface area (Å²) in [5.74, 6) is -0.116. The number of imidazole rings is 1. The van der Waals surface area contributed by atoms with Gasteiger partial charge in [0.25, 0.3) is 0 Å². The maximum Gasteiger partial charge on any atom is 0.230 e. The zero-order valence-electron chi connectivity index (χ0n) is 14.5. The molecule has 1 amide bonds. The van der Waals surface area contributed by atoms with Crippen LogP contribution in [0.15, 0.2) is 61.3 Å². The minimum Gasteiger partial charge on any atom is -0.361 e. The summed E-state index contributed by atoms with van der Waals surface area (Å²) < 4.78 is 2.93. The van der Waals surface area contributed by atoms with Crippen molar-refractivity contribution in [3.63, 3.8) is 0 Å². The summed E-state index contributed by atoms with van der Waals surface area (Å²) in [6.07, 6.45) is 7.46. The molecular weight excluding hydrogens is 394 g/mol. The minimum absolute atomic E-state index is 0.116. The van der Waals surface area contributed by atoms with Crippen LogP contribution in [0.5, 0.6) is 0 Å². The van der Waals surface area contributed by atoms with Crippen molar-refractivity contribution in [2.24, 2.45) is 0 Å². The highest BCUT2D eigenvalue weighted by atomic mass is 35.5. The fourth-order valence-corrected chi connectivity index (χ4v) is 4.26. The normalized spacial score (nSPS) is 11.3. The molecule has 0 aliphatic carbocycles. The number of nitrogens with zero attached hydrogens (tertiary/aromatic N) is 3. The number of carbonyl (C=O) groups is 1. The first-order valence-electron chi connectivity index (χ1n) is 8.60. The number of benzene rings is 2. The number of thiazole rings is 1. The highest BCUT2D eigenvalue weighted by molar-refractivity contribution is 7.22. The average Bonchev–Trinajstić information content (AvgIpc) is 3.41. The van der Waals surface area contributed by atoms with Gasteiger partial charge in [-0.1, -0.05) is 22.9 Å². The first-order chi connectivity index (χ1) is 13.7. The van der Waals surface area contributed by atoms with Crippen molar-refractivity contribution in [1.82, 2.24) is 19.5 Å².